The Kier molecular flexibility index (Phi) is 2.48. The van der Waals surface area contributed by atoms with Gasteiger partial charge in [0.2, 0.25) is 0 Å². The van der Waals surface area contributed by atoms with Gasteiger partial charge >= 0.3 is 6.03 Å². The van der Waals surface area contributed by atoms with E-state index in [4.69, 9.17) is 18.0 Å². The van der Waals surface area contributed by atoms with E-state index >= 15 is 0 Å². The van der Waals surface area contributed by atoms with Crippen LogP contribution in [0.1, 0.15) is 12.8 Å². The van der Waals surface area contributed by atoms with E-state index < -0.39 is 6.03 Å². The number of rotatable bonds is 1. The molecular weight excluding hydrogens is 164 g/mol. The molecule has 1 aliphatic carbocycles. The monoisotopic (exact) mass is 174 g/mol. The molecule has 11 heavy (non-hydrogen) atoms. The van der Waals surface area contributed by atoms with Crippen molar-refractivity contribution >= 4 is 23.4 Å². The highest BCUT2D eigenvalue weighted by atomic mass is 32.1. The number of nitrogens with two attached hydrogens (primary N) is 1. The number of urea groups is 1. The number of carbonyl (C=O) groups is 1. The van der Waals surface area contributed by atoms with Gasteiger partial charge < -0.3 is 11.1 Å². The van der Waals surface area contributed by atoms with Gasteiger partial charge in [-0.15, -0.1) is 0 Å². The summed E-state index contributed by atoms with van der Waals surface area (Å²) < 4.78 is 0. The molecule has 1 rings (SSSR count). The number of amides is 2. The number of hydrogen-bond acceptors (Lipinski definition) is 2. The first-order valence-electron chi connectivity index (χ1n) is 3.30. The Morgan fingerprint density at radius 1 is 1.45 bits per heavy atom. The van der Waals surface area contributed by atoms with Gasteiger partial charge in [-0.2, -0.15) is 0 Å². The van der Waals surface area contributed by atoms with E-state index in [-0.39, 0.29) is 0 Å². The van der Waals surface area contributed by atoms with Crippen LogP contribution in [-0.2, 0) is 0 Å². The third-order valence-corrected chi connectivity index (χ3v) is 1.43. The molecule has 1 fully saturated rings. The highest BCUT2D eigenvalue weighted by molar-refractivity contribution is 7.80. The number of primary amides is 1. The molecule has 0 spiro atoms. The normalized spacial score (nSPS) is 15.3. The maximum absolute atomic E-state index is 10.2. The van der Waals surface area contributed by atoms with Gasteiger partial charge in [-0.05, 0) is 25.1 Å². The van der Waals surface area contributed by atoms with Crippen molar-refractivity contribution in [3.05, 3.63) is 0 Å². The van der Waals surface area contributed by atoms with Crippen LogP contribution in [0.3, 0.4) is 0 Å². The maximum atomic E-state index is 10.2. The SMILES string of the molecule is NC(=O)NNC(=S)NC1CC1. The largest absolute Gasteiger partial charge is 0.359 e. The fraction of sp³-hybridized carbons (Fsp3) is 0.600. The number of nitrogens with one attached hydrogen (secondary N) is 3. The minimum Gasteiger partial charge on any atom is -0.359 e. The lowest BCUT2D eigenvalue weighted by molar-refractivity contribution is 0.247. The predicted molar refractivity (Wildman–Crippen MR) is 44.6 cm³/mol. The highest BCUT2D eigenvalue weighted by Gasteiger charge is 2.21. The van der Waals surface area contributed by atoms with Crippen LogP contribution in [0.15, 0.2) is 0 Å². The topological polar surface area (TPSA) is 79.2 Å². The third-order valence-electron chi connectivity index (χ3n) is 1.21. The summed E-state index contributed by atoms with van der Waals surface area (Å²) in [5.41, 5.74) is 9.40. The first kappa shape index (κ1) is 8.06. The Labute approximate surface area is 69.7 Å². The molecule has 0 bridgehead atoms. The molecule has 5 nitrogen and oxygen atoms in total. The zero-order valence-corrected chi connectivity index (χ0v) is 6.70. The number of hydrogen-bond donors (Lipinski definition) is 4. The van der Waals surface area contributed by atoms with Crippen LogP contribution < -0.4 is 21.9 Å². The second-order valence-corrected chi connectivity index (χ2v) is 2.77. The Balaban J connectivity index is 2.04. The van der Waals surface area contributed by atoms with Crippen LogP contribution >= 0.6 is 12.2 Å². The molecule has 6 heteroatoms. The highest BCUT2D eigenvalue weighted by Crippen LogP contribution is 2.17. The standard InChI is InChI=1S/C5H10N4OS/c6-4(10)8-9-5(11)7-3-1-2-3/h3H,1-2H2,(H3,6,8,10)(H2,7,9,11). The van der Waals surface area contributed by atoms with E-state index in [9.17, 15) is 4.79 Å². The zero-order chi connectivity index (χ0) is 8.27. The number of carbonyl (C=O) groups excluding carboxylic acids is 1. The lowest BCUT2D eigenvalue weighted by Gasteiger charge is -2.08. The number of thiocarbonyl (C=S) groups is 1. The third kappa shape index (κ3) is 3.61. The second-order valence-electron chi connectivity index (χ2n) is 2.36. The van der Waals surface area contributed by atoms with E-state index in [0.29, 0.717) is 11.2 Å². The van der Waals surface area contributed by atoms with E-state index in [0.717, 1.165) is 12.8 Å². The molecule has 62 valence electrons. The van der Waals surface area contributed by atoms with Gasteiger partial charge in [-0.3, -0.25) is 5.43 Å². The summed E-state index contributed by atoms with van der Waals surface area (Å²) in [6.07, 6.45) is 2.27. The molecule has 0 heterocycles. The molecular formula is C5H10N4OS. The van der Waals surface area contributed by atoms with Crippen LogP contribution in [0.2, 0.25) is 0 Å². The van der Waals surface area contributed by atoms with Gasteiger partial charge in [0.05, 0.1) is 0 Å². The molecule has 0 radical (unpaired) electrons. The Morgan fingerprint density at radius 3 is 2.55 bits per heavy atom. The Hall–Kier alpha value is -1.04. The lowest BCUT2D eigenvalue weighted by atomic mass is 10.7. The summed E-state index contributed by atoms with van der Waals surface area (Å²) in [6, 6.07) is -0.172. The summed E-state index contributed by atoms with van der Waals surface area (Å²) in [4.78, 5) is 10.2. The van der Waals surface area contributed by atoms with Gasteiger partial charge in [0.15, 0.2) is 5.11 Å². The number of hydrazine groups is 1. The van der Waals surface area contributed by atoms with Crippen molar-refractivity contribution in [2.24, 2.45) is 5.73 Å². The molecule has 0 aromatic carbocycles. The van der Waals surface area contributed by atoms with Gasteiger partial charge in [0, 0.05) is 6.04 Å². The van der Waals surface area contributed by atoms with E-state index in [2.05, 4.69) is 16.2 Å². The van der Waals surface area contributed by atoms with Crippen molar-refractivity contribution in [2.75, 3.05) is 0 Å². The van der Waals surface area contributed by atoms with E-state index in [1.54, 1.807) is 0 Å². The average Bonchev–Trinajstić information content (AvgIpc) is 2.67. The molecule has 1 aliphatic rings. The maximum Gasteiger partial charge on any atom is 0.330 e. The van der Waals surface area contributed by atoms with Crippen molar-refractivity contribution < 1.29 is 4.79 Å². The predicted octanol–water partition coefficient (Wildman–Crippen LogP) is -0.804. The van der Waals surface area contributed by atoms with Gasteiger partial charge in [-0.25, -0.2) is 10.2 Å². The van der Waals surface area contributed by atoms with Crippen LogP contribution in [-0.4, -0.2) is 17.2 Å². The fourth-order valence-corrected chi connectivity index (χ4v) is 0.785. The minimum absolute atomic E-state index is 0.409. The lowest BCUT2D eigenvalue weighted by Crippen LogP contribution is -2.49. The first-order valence-corrected chi connectivity index (χ1v) is 3.71. The van der Waals surface area contributed by atoms with E-state index in [1.807, 2.05) is 0 Å². The zero-order valence-electron chi connectivity index (χ0n) is 5.89. The molecule has 0 aromatic heterocycles. The van der Waals surface area contributed by atoms with Crippen LogP contribution in [0.5, 0.6) is 0 Å². The molecule has 0 saturated heterocycles. The quantitative estimate of drug-likeness (QED) is 0.310. The Morgan fingerprint density at radius 2 is 2.09 bits per heavy atom. The smallest absolute Gasteiger partial charge is 0.330 e. The van der Waals surface area contributed by atoms with Gasteiger partial charge in [0.25, 0.3) is 0 Å². The summed E-state index contributed by atoms with van der Waals surface area (Å²) in [5, 5.41) is 3.37. The molecule has 0 unspecified atom stereocenters. The average molecular weight is 174 g/mol. The van der Waals surface area contributed by atoms with Gasteiger partial charge in [0.1, 0.15) is 0 Å². The summed E-state index contributed by atoms with van der Waals surface area (Å²) in [7, 11) is 0. The van der Waals surface area contributed by atoms with Gasteiger partial charge in [-0.1, -0.05) is 0 Å². The summed E-state index contributed by atoms with van der Waals surface area (Å²) in [5.74, 6) is 0. The molecule has 0 aromatic rings. The van der Waals surface area contributed by atoms with Crippen molar-refractivity contribution in [3.63, 3.8) is 0 Å². The van der Waals surface area contributed by atoms with Crippen LogP contribution in [0.25, 0.3) is 0 Å². The Bertz CT molecular complexity index is 179. The fourth-order valence-electron chi connectivity index (χ4n) is 0.568. The second kappa shape index (κ2) is 3.38. The first-order chi connectivity index (χ1) is 5.18. The minimum atomic E-state index is -0.648. The van der Waals surface area contributed by atoms with Crippen molar-refractivity contribution in [3.8, 4) is 0 Å². The van der Waals surface area contributed by atoms with Crippen molar-refractivity contribution in [2.45, 2.75) is 18.9 Å². The van der Waals surface area contributed by atoms with E-state index in [1.165, 1.54) is 0 Å². The molecule has 0 atom stereocenters. The molecule has 2 amide bonds. The summed E-state index contributed by atoms with van der Waals surface area (Å²) in [6.45, 7) is 0. The molecule has 1 saturated carbocycles. The molecule has 0 aliphatic heterocycles. The van der Waals surface area contributed by atoms with Crippen molar-refractivity contribution in [1.29, 1.82) is 0 Å². The van der Waals surface area contributed by atoms with Crippen molar-refractivity contribution in [1.82, 2.24) is 16.2 Å². The summed E-state index contributed by atoms with van der Waals surface area (Å²) >= 11 is 4.80. The molecule has 5 N–H and O–H groups in total. The van der Waals surface area contributed by atoms with Crippen LogP contribution in [0, 0.1) is 0 Å². The van der Waals surface area contributed by atoms with Crippen LogP contribution in [0.4, 0.5) is 4.79 Å².